The summed E-state index contributed by atoms with van der Waals surface area (Å²) in [6.45, 7) is 1.82. The lowest BCUT2D eigenvalue weighted by Gasteiger charge is -2.42. The number of amides is 1. The van der Waals surface area contributed by atoms with Crippen molar-refractivity contribution in [1.29, 1.82) is 0 Å². The standard InChI is InChI=1S/C14H17NO4/c1-9-7-8-11(13(16)17)12(15(9)14(18)19)10-5-3-2-4-6-10/h2-6,9,11-12H,7-8H2,1H3,(H,16,17)(H,18,19)/t9-,11-,12+/m1/s1. The second-order valence-electron chi connectivity index (χ2n) is 4.92. The molecule has 5 nitrogen and oxygen atoms in total. The number of hydrogen-bond acceptors (Lipinski definition) is 2. The molecular weight excluding hydrogens is 246 g/mol. The van der Waals surface area contributed by atoms with Crippen molar-refractivity contribution in [2.75, 3.05) is 0 Å². The predicted octanol–water partition coefficient (Wildman–Crippen LogP) is 2.59. The van der Waals surface area contributed by atoms with Crippen molar-refractivity contribution in [3.05, 3.63) is 35.9 Å². The molecule has 102 valence electrons. The Hall–Kier alpha value is -2.04. The Bertz CT molecular complexity index is 474. The van der Waals surface area contributed by atoms with Crippen molar-refractivity contribution in [3.8, 4) is 0 Å². The topological polar surface area (TPSA) is 77.8 Å². The Morgan fingerprint density at radius 2 is 1.79 bits per heavy atom. The van der Waals surface area contributed by atoms with Crippen molar-refractivity contribution in [2.24, 2.45) is 5.92 Å². The van der Waals surface area contributed by atoms with Gasteiger partial charge in [0, 0.05) is 6.04 Å². The molecule has 0 unspecified atom stereocenters. The van der Waals surface area contributed by atoms with Crippen molar-refractivity contribution >= 4 is 12.1 Å². The van der Waals surface area contributed by atoms with Gasteiger partial charge in [-0.1, -0.05) is 30.3 Å². The number of carboxylic acids is 1. The molecule has 1 amide bonds. The molecule has 0 aliphatic carbocycles. The molecule has 2 rings (SSSR count). The molecule has 1 aliphatic heterocycles. The minimum atomic E-state index is -1.06. The lowest BCUT2D eigenvalue weighted by Crippen LogP contribution is -2.49. The van der Waals surface area contributed by atoms with Gasteiger partial charge in [0.15, 0.2) is 0 Å². The largest absolute Gasteiger partial charge is 0.481 e. The van der Waals surface area contributed by atoms with E-state index in [9.17, 15) is 19.8 Å². The molecule has 0 saturated carbocycles. The van der Waals surface area contributed by atoms with Gasteiger partial charge in [0.05, 0.1) is 12.0 Å². The first kappa shape index (κ1) is 13.4. The van der Waals surface area contributed by atoms with Crippen LogP contribution in [0.5, 0.6) is 0 Å². The average Bonchev–Trinajstić information content (AvgIpc) is 2.38. The summed E-state index contributed by atoms with van der Waals surface area (Å²) in [5, 5.41) is 18.7. The molecule has 0 bridgehead atoms. The summed E-state index contributed by atoms with van der Waals surface area (Å²) in [6.07, 6.45) is 0.0132. The molecule has 5 heteroatoms. The molecule has 0 spiro atoms. The Morgan fingerprint density at radius 3 is 2.32 bits per heavy atom. The predicted molar refractivity (Wildman–Crippen MR) is 68.9 cm³/mol. The van der Waals surface area contributed by atoms with Gasteiger partial charge in [-0.3, -0.25) is 9.69 Å². The number of aliphatic carboxylic acids is 1. The first-order valence-corrected chi connectivity index (χ1v) is 6.31. The van der Waals surface area contributed by atoms with Crippen LogP contribution in [0.15, 0.2) is 30.3 Å². The number of likely N-dealkylation sites (tertiary alicyclic amines) is 1. The fraction of sp³-hybridized carbons (Fsp3) is 0.429. The van der Waals surface area contributed by atoms with Gasteiger partial charge in [-0.05, 0) is 25.3 Å². The highest BCUT2D eigenvalue weighted by molar-refractivity contribution is 5.74. The molecule has 1 saturated heterocycles. The molecule has 1 heterocycles. The van der Waals surface area contributed by atoms with Gasteiger partial charge in [-0.2, -0.15) is 0 Å². The van der Waals surface area contributed by atoms with Crippen LogP contribution in [-0.2, 0) is 4.79 Å². The normalized spacial score (nSPS) is 27.0. The maximum atomic E-state index is 11.4. The summed E-state index contributed by atoms with van der Waals surface area (Å²) in [4.78, 5) is 24.1. The number of piperidine rings is 1. The number of carboxylic acid groups (broad SMARTS) is 2. The minimum absolute atomic E-state index is 0.168. The van der Waals surface area contributed by atoms with Crippen LogP contribution in [0, 0.1) is 5.92 Å². The van der Waals surface area contributed by atoms with Crippen LogP contribution < -0.4 is 0 Å². The van der Waals surface area contributed by atoms with Gasteiger partial charge < -0.3 is 10.2 Å². The highest BCUT2D eigenvalue weighted by atomic mass is 16.4. The fourth-order valence-electron chi connectivity index (χ4n) is 2.79. The molecular formula is C14H17NO4. The molecule has 0 radical (unpaired) electrons. The van der Waals surface area contributed by atoms with Gasteiger partial charge in [-0.25, -0.2) is 4.79 Å². The Morgan fingerprint density at radius 1 is 1.16 bits per heavy atom. The summed E-state index contributed by atoms with van der Waals surface area (Å²) in [5.74, 6) is -1.62. The third kappa shape index (κ3) is 2.54. The molecule has 19 heavy (non-hydrogen) atoms. The van der Waals surface area contributed by atoms with Crippen LogP contribution in [0.4, 0.5) is 4.79 Å². The lowest BCUT2D eigenvalue weighted by molar-refractivity contribution is -0.146. The van der Waals surface area contributed by atoms with E-state index in [1.54, 1.807) is 24.3 Å². The zero-order valence-corrected chi connectivity index (χ0v) is 10.7. The van der Waals surface area contributed by atoms with Gasteiger partial charge in [0.25, 0.3) is 0 Å². The Balaban J connectivity index is 2.44. The molecule has 0 aromatic heterocycles. The van der Waals surface area contributed by atoms with Crippen LogP contribution in [0.25, 0.3) is 0 Å². The van der Waals surface area contributed by atoms with E-state index in [0.29, 0.717) is 12.8 Å². The SMILES string of the molecule is C[C@@H]1CC[C@@H](C(=O)O)[C@H](c2ccccc2)N1C(=O)O. The first-order chi connectivity index (χ1) is 9.02. The van der Waals surface area contributed by atoms with E-state index in [-0.39, 0.29) is 6.04 Å². The smallest absolute Gasteiger partial charge is 0.408 e. The molecule has 2 N–H and O–H groups in total. The highest BCUT2D eigenvalue weighted by Gasteiger charge is 2.42. The molecule has 1 aromatic carbocycles. The van der Waals surface area contributed by atoms with E-state index < -0.39 is 24.0 Å². The maximum Gasteiger partial charge on any atom is 0.408 e. The summed E-state index contributed by atoms with van der Waals surface area (Å²) in [5.41, 5.74) is 0.740. The second kappa shape index (κ2) is 5.30. The monoisotopic (exact) mass is 263 g/mol. The average molecular weight is 263 g/mol. The Kier molecular flexibility index (Phi) is 3.74. The zero-order chi connectivity index (χ0) is 14.0. The van der Waals surface area contributed by atoms with Crippen LogP contribution in [0.3, 0.4) is 0 Å². The quantitative estimate of drug-likeness (QED) is 0.859. The third-order valence-corrected chi connectivity index (χ3v) is 3.73. The van der Waals surface area contributed by atoms with Gasteiger partial charge in [0.2, 0.25) is 0 Å². The first-order valence-electron chi connectivity index (χ1n) is 6.31. The number of hydrogen-bond donors (Lipinski definition) is 2. The van der Waals surface area contributed by atoms with Crippen molar-refractivity contribution in [2.45, 2.75) is 31.8 Å². The van der Waals surface area contributed by atoms with Crippen molar-refractivity contribution < 1.29 is 19.8 Å². The number of benzene rings is 1. The van der Waals surface area contributed by atoms with Crippen LogP contribution in [-0.4, -0.2) is 33.2 Å². The number of carbonyl (C=O) groups is 2. The molecule has 1 aliphatic rings. The van der Waals surface area contributed by atoms with Crippen LogP contribution in [0.2, 0.25) is 0 Å². The van der Waals surface area contributed by atoms with Gasteiger partial charge in [-0.15, -0.1) is 0 Å². The number of nitrogens with zero attached hydrogens (tertiary/aromatic N) is 1. The highest BCUT2D eigenvalue weighted by Crippen LogP contribution is 2.39. The zero-order valence-electron chi connectivity index (χ0n) is 10.7. The number of rotatable bonds is 2. The Labute approximate surface area is 111 Å². The van der Waals surface area contributed by atoms with E-state index in [4.69, 9.17) is 0 Å². The minimum Gasteiger partial charge on any atom is -0.481 e. The van der Waals surface area contributed by atoms with Crippen LogP contribution in [0.1, 0.15) is 31.4 Å². The van der Waals surface area contributed by atoms with E-state index >= 15 is 0 Å². The van der Waals surface area contributed by atoms with E-state index in [1.807, 2.05) is 13.0 Å². The third-order valence-electron chi connectivity index (χ3n) is 3.73. The summed E-state index contributed by atoms with van der Waals surface area (Å²) < 4.78 is 0. The summed E-state index contributed by atoms with van der Waals surface area (Å²) in [7, 11) is 0. The van der Waals surface area contributed by atoms with Gasteiger partial charge in [0.1, 0.15) is 0 Å². The fourth-order valence-corrected chi connectivity index (χ4v) is 2.79. The van der Waals surface area contributed by atoms with Crippen molar-refractivity contribution in [1.82, 2.24) is 4.90 Å². The lowest BCUT2D eigenvalue weighted by atomic mass is 9.82. The maximum absolute atomic E-state index is 11.4. The summed E-state index contributed by atoms with van der Waals surface area (Å²) in [6, 6.07) is 8.22. The van der Waals surface area contributed by atoms with Crippen LogP contribution >= 0.6 is 0 Å². The van der Waals surface area contributed by atoms with E-state index in [0.717, 1.165) is 5.56 Å². The molecule has 3 atom stereocenters. The van der Waals surface area contributed by atoms with E-state index in [1.165, 1.54) is 4.90 Å². The van der Waals surface area contributed by atoms with E-state index in [2.05, 4.69) is 0 Å². The molecule has 1 aromatic rings. The molecule has 1 fully saturated rings. The summed E-state index contributed by atoms with van der Waals surface area (Å²) >= 11 is 0. The van der Waals surface area contributed by atoms with Gasteiger partial charge >= 0.3 is 12.1 Å². The second-order valence-corrected chi connectivity index (χ2v) is 4.92. The van der Waals surface area contributed by atoms with Crippen molar-refractivity contribution in [3.63, 3.8) is 0 Å².